The maximum Gasteiger partial charge on any atom is 0.287 e. The molecular weight excluding hydrogens is 372 g/mol. The van der Waals surface area contributed by atoms with Crippen LogP contribution in [0.2, 0.25) is 5.02 Å². The Morgan fingerprint density at radius 3 is 2.88 bits per heavy atom. The van der Waals surface area contributed by atoms with Gasteiger partial charge >= 0.3 is 0 Å². The van der Waals surface area contributed by atoms with Gasteiger partial charge in [0.2, 0.25) is 0 Å². The number of aromatic nitrogens is 1. The number of carbonyl (C=O) groups is 1. The fourth-order valence-corrected chi connectivity index (χ4v) is 3.78. The van der Waals surface area contributed by atoms with Gasteiger partial charge in [0.05, 0.1) is 20.6 Å². The minimum atomic E-state index is -0.430. The zero-order valence-corrected chi connectivity index (χ0v) is 15.1. The number of rotatable bonds is 4. The Morgan fingerprint density at radius 1 is 1.19 bits per heavy atom. The zero-order valence-electron chi connectivity index (χ0n) is 13.5. The first-order chi connectivity index (χ1) is 12.6. The molecule has 0 radical (unpaired) electrons. The molecule has 0 fully saturated rings. The lowest BCUT2D eigenvalue weighted by molar-refractivity contribution is 0.0927. The number of thiazole rings is 1. The Bertz CT molecular complexity index is 1150. The van der Waals surface area contributed by atoms with Gasteiger partial charge in [-0.3, -0.25) is 9.59 Å². The average molecular weight is 385 g/mol. The fraction of sp³-hybridized carbons (Fsp3) is 0.105. The van der Waals surface area contributed by atoms with Gasteiger partial charge in [0.25, 0.3) is 5.91 Å². The minimum Gasteiger partial charge on any atom is -0.451 e. The van der Waals surface area contributed by atoms with Crippen molar-refractivity contribution in [1.82, 2.24) is 10.3 Å². The van der Waals surface area contributed by atoms with Gasteiger partial charge < -0.3 is 9.73 Å². The van der Waals surface area contributed by atoms with E-state index in [4.69, 9.17) is 16.0 Å². The highest BCUT2D eigenvalue weighted by molar-refractivity contribution is 7.18. The lowest BCUT2D eigenvalue weighted by Gasteiger charge is -2.04. The molecule has 26 heavy (non-hydrogen) atoms. The molecule has 2 heterocycles. The molecule has 1 amide bonds. The van der Waals surface area contributed by atoms with Gasteiger partial charge in [0.1, 0.15) is 5.58 Å². The van der Waals surface area contributed by atoms with Gasteiger partial charge in [-0.05, 0) is 30.3 Å². The van der Waals surface area contributed by atoms with E-state index < -0.39 is 5.91 Å². The van der Waals surface area contributed by atoms with Crippen LogP contribution >= 0.6 is 22.9 Å². The van der Waals surface area contributed by atoms with Crippen molar-refractivity contribution in [2.45, 2.75) is 6.42 Å². The lowest BCUT2D eigenvalue weighted by Crippen LogP contribution is -2.26. The summed E-state index contributed by atoms with van der Waals surface area (Å²) in [5, 5.41) is 4.50. The summed E-state index contributed by atoms with van der Waals surface area (Å²) in [7, 11) is 0. The van der Waals surface area contributed by atoms with E-state index in [0.717, 1.165) is 15.2 Å². The van der Waals surface area contributed by atoms with Crippen LogP contribution in [0.25, 0.3) is 21.2 Å². The number of benzene rings is 2. The van der Waals surface area contributed by atoms with E-state index >= 15 is 0 Å². The summed E-state index contributed by atoms with van der Waals surface area (Å²) in [6.45, 7) is 0.404. The lowest BCUT2D eigenvalue weighted by atomic mass is 10.2. The van der Waals surface area contributed by atoms with Crippen molar-refractivity contribution in [1.29, 1.82) is 0 Å². The number of nitrogens with one attached hydrogen (secondary N) is 1. The molecule has 0 unspecified atom stereocenters. The quantitative estimate of drug-likeness (QED) is 0.576. The molecule has 2 aromatic carbocycles. The van der Waals surface area contributed by atoms with Crippen molar-refractivity contribution in [3.8, 4) is 0 Å². The molecule has 2 aromatic heterocycles. The van der Waals surface area contributed by atoms with Crippen LogP contribution in [0.1, 0.15) is 15.6 Å². The minimum absolute atomic E-state index is 0.0193. The monoisotopic (exact) mass is 384 g/mol. The maximum atomic E-state index is 12.3. The second-order valence-electron chi connectivity index (χ2n) is 5.70. The number of hydrogen-bond acceptors (Lipinski definition) is 5. The summed E-state index contributed by atoms with van der Waals surface area (Å²) < 4.78 is 6.65. The highest BCUT2D eigenvalue weighted by Crippen LogP contribution is 2.21. The predicted molar refractivity (Wildman–Crippen MR) is 103 cm³/mol. The molecule has 0 aliphatic carbocycles. The second-order valence-corrected chi connectivity index (χ2v) is 7.25. The largest absolute Gasteiger partial charge is 0.451 e. The standard InChI is InChI=1S/C19H13ClN2O3S/c20-11-5-6-15-12(9-11)14(23)10-16(25-15)19(24)21-8-7-18-22-13-3-1-2-4-17(13)26-18/h1-6,9-10H,7-8H2,(H,21,24). The van der Waals surface area contributed by atoms with Crippen molar-refractivity contribution < 1.29 is 9.21 Å². The molecule has 1 N–H and O–H groups in total. The maximum absolute atomic E-state index is 12.3. The van der Waals surface area contributed by atoms with Crippen LogP contribution in [0.3, 0.4) is 0 Å². The Morgan fingerprint density at radius 2 is 2.04 bits per heavy atom. The van der Waals surface area contributed by atoms with E-state index in [1.807, 2.05) is 24.3 Å². The number of carbonyl (C=O) groups excluding carboxylic acids is 1. The summed E-state index contributed by atoms with van der Waals surface area (Å²) >= 11 is 7.49. The van der Waals surface area contributed by atoms with E-state index in [2.05, 4.69) is 10.3 Å². The SMILES string of the molecule is O=C(NCCc1nc2ccccc2s1)c1cc(=O)c2cc(Cl)ccc2o1. The van der Waals surface area contributed by atoms with E-state index in [1.54, 1.807) is 23.5 Å². The molecule has 130 valence electrons. The van der Waals surface area contributed by atoms with Crippen LogP contribution in [0, 0.1) is 0 Å². The highest BCUT2D eigenvalue weighted by atomic mass is 35.5. The van der Waals surface area contributed by atoms with E-state index in [-0.39, 0.29) is 11.2 Å². The van der Waals surface area contributed by atoms with E-state index in [0.29, 0.717) is 29.0 Å². The molecule has 5 nitrogen and oxygen atoms in total. The first-order valence-corrected chi connectivity index (χ1v) is 9.16. The normalized spacial score (nSPS) is 11.1. The number of amides is 1. The van der Waals surface area contributed by atoms with Gasteiger partial charge in [-0.1, -0.05) is 23.7 Å². The molecule has 0 saturated heterocycles. The Hall–Kier alpha value is -2.70. The van der Waals surface area contributed by atoms with Gasteiger partial charge in [-0.15, -0.1) is 11.3 Å². The third kappa shape index (κ3) is 3.34. The Labute approximate surface area is 157 Å². The Kier molecular flexibility index (Phi) is 4.44. The smallest absolute Gasteiger partial charge is 0.287 e. The van der Waals surface area contributed by atoms with Gasteiger partial charge in [0.15, 0.2) is 11.2 Å². The number of fused-ring (bicyclic) bond motifs is 2. The van der Waals surface area contributed by atoms with Gasteiger partial charge in [-0.2, -0.15) is 0 Å². The average Bonchev–Trinajstić information content (AvgIpc) is 3.05. The summed E-state index contributed by atoms with van der Waals surface area (Å²) in [6, 6.07) is 13.8. The van der Waals surface area contributed by atoms with Crippen molar-refractivity contribution in [2.24, 2.45) is 0 Å². The second kappa shape index (κ2) is 6.90. The van der Waals surface area contributed by atoms with Crippen molar-refractivity contribution in [3.05, 3.63) is 74.5 Å². The van der Waals surface area contributed by atoms with Crippen LogP contribution in [0.15, 0.2) is 57.7 Å². The first-order valence-electron chi connectivity index (χ1n) is 7.96. The van der Waals surface area contributed by atoms with Crippen LogP contribution in [0.5, 0.6) is 0 Å². The number of hydrogen-bond donors (Lipinski definition) is 1. The van der Waals surface area contributed by atoms with Crippen molar-refractivity contribution >= 4 is 50.0 Å². The van der Waals surface area contributed by atoms with Crippen LogP contribution < -0.4 is 10.7 Å². The van der Waals surface area contributed by atoms with Crippen molar-refractivity contribution in [3.63, 3.8) is 0 Å². The van der Waals surface area contributed by atoms with Gasteiger partial charge in [0, 0.05) is 24.1 Å². The number of nitrogens with zero attached hydrogens (tertiary/aromatic N) is 1. The molecule has 4 aromatic rings. The summed E-state index contributed by atoms with van der Waals surface area (Å²) in [4.78, 5) is 29.0. The molecule has 0 spiro atoms. The summed E-state index contributed by atoms with van der Waals surface area (Å²) in [6.07, 6.45) is 0.610. The predicted octanol–water partition coefficient (Wildman–Crippen LogP) is 4.03. The van der Waals surface area contributed by atoms with Crippen LogP contribution in [-0.4, -0.2) is 17.4 Å². The van der Waals surface area contributed by atoms with E-state index in [9.17, 15) is 9.59 Å². The summed E-state index contributed by atoms with van der Waals surface area (Å²) in [5.74, 6) is -0.450. The molecule has 7 heteroatoms. The zero-order chi connectivity index (χ0) is 18.1. The third-order valence-corrected chi connectivity index (χ3v) is 5.21. The molecule has 0 aliphatic heterocycles. The Balaban J connectivity index is 1.47. The van der Waals surface area contributed by atoms with E-state index in [1.165, 1.54) is 12.1 Å². The summed E-state index contributed by atoms with van der Waals surface area (Å²) in [5.41, 5.74) is 0.987. The topological polar surface area (TPSA) is 72.2 Å². The van der Waals surface area contributed by atoms with Crippen molar-refractivity contribution in [2.75, 3.05) is 6.54 Å². The molecule has 4 rings (SSSR count). The fourth-order valence-electron chi connectivity index (χ4n) is 2.64. The number of para-hydroxylation sites is 1. The first kappa shape index (κ1) is 16.8. The molecule has 0 saturated carbocycles. The van der Waals surface area contributed by atoms with Gasteiger partial charge in [-0.25, -0.2) is 4.98 Å². The van der Waals surface area contributed by atoms with Crippen LogP contribution in [0.4, 0.5) is 0 Å². The highest BCUT2D eigenvalue weighted by Gasteiger charge is 2.13. The molecular formula is C19H13ClN2O3S. The molecule has 0 aliphatic rings. The number of halogens is 1. The molecule has 0 bridgehead atoms. The molecule has 0 atom stereocenters. The van der Waals surface area contributed by atoms with Crippen LogP contribution in [-0.2, 0) is 6.42 Å². The third-order valence-electron chi connectivity index (χ3n) is 3.88.